The highest BCUT2D eigenvalue weighted by molar-refractivity contribution is 14.1. The van der Waals surface area contributed by atoms with E-state index in [0.29, 0.717) is 0 Å². The predicted octanol–water partition coefficient (Wildman–Crippen LogP) is 3.99. The lowest BCUT2D eigenvalue weighted by Gasteiger charge is -2.13. The maximum atomic E-state index is 10.4. The summed E-state index contributed by atoms with van der Waals surface area (Å²) in [6, 6.07) is 14.2. The Balaban J connectivity index is 2.39. The largest absolute Gasteiger partial charge is 0.384 e. The van der Waals surface area contributed by atoms with E-state index in [1.54, 1.807) is 0 Å². The Morgan fingerprint density at radius 3 is 2.18 bits per heavy atom. The number of hydrogen-bond acceptors (Lipinski definition) is 1. The Morgan fingerprint density at radius 2 is 1.59 bits per heavy atom. The van der Waals surface area contributed by atoms with E-state index in [9.17, 15) is 5.11 Å². The Labute approximate surface area is 116 Å². The van der Waals surface area contributed by atoms with Crippen molar-refractivity contribution in [2.45, 2.75) is 20.0 Å². The average Bonchev–Trinajstić information content (AvgIpc) is 2.26. The standard InChI is InChI=1S/C15H15IO/c1-10-6-11(2)8-13(7-10)15(17)12-4-3-5-14(16)9-12/h3-9,15,17H,1-2H3. The van der Waals surface area contributed by atoms with Crippen LogP contribution in [0.15, 0.2) is 42.5 Å². The zero-order valence-corrected chi connectivity index (χ0v) is 12.1. The lowest BCUT2D eigenvalue weighted by Crippen LogP contribution is -2.00. The molecule has 0 aliphatic rings. The van der Waals surface area contributed by atoms with Gasteiger partial charge in [0.25, 0.3) is 0 Å². The van der Waals surface area contributed by atoms with Gasteiger partial charge in [-0.25, -0.2) is 0 Å². The van der Waals surface area contributed by atoms with Crippen LogP contribution in [0.1, 0.15) is 28.4 Å². The molecule has 88 valence electrons. The number of hydrogen-bond donors (Lipinski definition) is 1. The molecule has 2 aromatic carbocycles. The van der Waals surface area contributed by atoms with Crippen LogP contribution >= 0.6 is 22.6 Å². The lowest BCUT2D eigenvalue weighted by molar-refractivity contribution is 0.220. The molecule has 0 aromatic heterocycles. The second kappa shape index (κ2) is 5.19. The van der Waals surface area contributed by atoms with E-state index in [1.807, 2.05) is 36.4 Å². The average molecular weight is 338 g/mol. The third-order valence-electron chi connectivity index (χ3n) is 2.72. The van der Waals surface area contributed by atoms with Crippen molar-refractivity contribution in [1.82, 2.24) is 0 Å². The highest BCUT2D eigenvalue weighted by Gasteiger charge is 2.11. The molecule has 0 saturated heterocycles. The van der Waals surface area contributed by atoms with Crippen LogP contribution in [0.25, 0.3) is 0 Å². The van der Waals surface area contributed by atoms with Crippen LogP contribution in [0, 0.1) is 17.4 Å². The molecule has 2 aromatic rings. The fourth-order valence-corrected chi connectivity index (χ4v) is 2.60. The topological polar surface area (TPSA) is 20.2 Å². The molecule has 17 heavy (non-hydrogen) atoms. The summed E-state index contributed by atoms with van der Waals surface area (Å²) in [5, 5.41) is 10.4. The number of halogens is 1. The van der Waals surface area contributed by atoms with Crippen LogP contribution in [0.2, 0.25) is 0 Å². The summed E-state index contributed by atoms with van der Waals surface area (Å²) in [7, 11) is 0. The van der Waals surface area contributed by atoms with Crippen molar-refractivity contribution in [2.75, 3.05) is 0 Å². The molecule has 0 spiro atoms. The van der Waals surface area contributed by atoms with Gasteiger partial charge in [0.2, 0.25) is 0 Å². The van der Waals surface area contributed by atoms with Crippen molar-refractivity contribution in [1.29, 1.82) is 0 Å². The van der Waals surface area contributed by atoms with Gasteiger partial charge in [0.05, 0.1) is 0 Å². The number of aliphatic hydroxyl groups is 1. The first-order chi connectivity index (χ1) is 8.06. The third kappa shape index (κ3) is 3.07. The van der Waals surface area contributed by atoms with Gasteiger partial charge in [0.15, 0.2) is 0 Å². The number of aryl methyl sites for hydroxylation is 2. The normalized spacial score (nSPS) is 12.5. The predicted molar refractivity (Wildman–Crippen MR) is 79.1 cm³/mol. The molecule has 2 rings (SSSR count). The smallest absolute Gasteiger partial charge is 0.104 e. The van der Waals surface area contributed by atoms with Crippen LogP contribution < -0.4 is 0 Å². The number of benzene rings is 2. The fraction of sp³-hybridized carbons (Fsp3) is 0.200. The summed E-state index contributed by atoms with van der Waals surface area (Å²) >= 11 is 2.26. The molecule has 1 atom stereocenters. The summed E-state index contributed by atoms with van der Waals surface area (Å²) in [5.41, 5.74) is 4.28. The van der Waals surface area contributed by atoms with Gasteiger partial charge in [-0.05, 0) is 59.7 Å². The van der Waals surface area contributed by atoms with E-state index in [1.165, 1.54) is 11.1 Å². The summed E-state index contributed by atoms with van der Waals surface area (Å²) in [5.74, 6) is 0. The SMILES string of the molecule is Cc1cc(C)cc(C(O)c2cccc(I)c2)c1. The minimum absolute atomic E-state index is 0.539. The first-order valence-corrected chi connectivity index (χ1v) is 6.66. The summed E-state index contributed by atoms with van der Waals surface area (Å²) in [4.78, 5) is 0. The van der Waals surface area contributed by atoms with Crippen LogP contribution in [-0.2, 0) is 0 Å². The fourth-order valence-electron chi connectivity index (χ4n) is 2.04. The molecule has 0 aliphatic carbocycles. The number of rotatable bonds is 2. The Morgan fingerprint density at radius 1 is 0.941 bits per heavy atom. The molecule has 0 fully saturated rings. The molecule has 2 heteroatoms. The van der Waals surface area contributed by atoms with Gasteiger partial charge < -0.3 is 5.11 Å². The lowest BCUT2D eigenvalue weighted by atomic mass is 9.98. The van der Waals surface area contributed by atoms with E-state index in [2.05, 4.69) is 42.5 Å². The van der Waals surface area contributed by atoms with Gasteiger partial charge in [-0.1, -0.05) is 41.5 Å². The minimum atomic E-state index is -0.539. The molecule has 0 bridgehead atoms. The van der Waals surface area contributed by atoms with Gasteiger partial charge in [-0.2, -0.15) is 0 Å². The maximum absolute atomic E-state index is 10.4. The second-order valence-electron chi connectivity index (χ2n) is 4.38. The summed E-state index contributed by atoms with van der Waals surface area (Å²) < 4.78 is 1.14. The maximum Gasteiger partial charge on any atom is 0.104 e. The van der Waals surface area contributed by atoms with E-state index in [0.717, 1.165) is 14.7 Å². The van der Waals surface area contributed by atoms with Gasteiger partial charge in [-0.15, -0.1) is 0 Å². The van der Waals surface area contributed by atoms with Crippen molar-refractivity contribution in [3.8, 4) is 0 Å². The van der Waals surface area contributed by atoms with Crippen LogP contribution in [-0.4, -0.2) is 5.11 Å². The van der Waals surface area contributed by atoms with Crippen LogP contribution in [0.4, 0.5) is 0 Å². The number of aliphatic hydroxyl groups excluding tert-OH is 1. The van der Waals surface area contributed by atoms with Crippen molar-refractivity contribution in [3.05, 3.63) is 68.3 Å². The first-order valence-electron chi connectivity index (χ1n) is 5.58. The van der Waals surface area contributed by atoms with E-state index in [-0.39, 0.29) is 0 Å². The zero-order chi connectivity index (χ0) is 12.4. The van der Waals surface area contributed by atoms with E-state index < -0.39 is 6.10 Å². The van der Waals surface area contributed by atoms with Crippen molar-refractivity contribution in [2.24, 2.45) is 0 Å². The Hall–Kier alpha value is -0.870. The Bertz CT molecular complexity index is 514. The van der Waals surface area contributed by atoms with Crippen molar-refractivity contribution >= 4 is 22.6 Å². The van der Waals surface area contributed by atoms with Gasteiger partial charge in [0.1, 0.15) is 6.10 Å². The summed E-state index contributed by atoms with van der Waals surface area (Å²) in [6.45, 7) is 4.11. The molecule has 1 nitrogen and oxygen atoms in total. The Kier molecular flexibility index (Phi) is 3.84. The van der Waals surface area contributed by atoms with Crippen molar-refractivity contribution in [3.63, 3.8) is 0 Å². The molecule has 0 amide bonds. The first kappa shape index (κ1) is 12.6. The minimum Gasteiger partial charge on any atom is -0.384 e. The van der Waals surface area contributed by atoms with E-state index in [4.69, 9.17) is 0 Å². The second-order valence-corrected chi connectivity index (χ2v) is 5.62. The van der Waals surface area contributed by atoms with Gasteiger partial charge >= 0.3 is 0 Å². The highest BCUT2D eigenvalue weighted by Crippen LogP contribution is 2.24. The van der Waals surface area contributed by atoms with Crippen LogP contribution in [0.5, 0.6) is 0 Å². The summed E-state index contributed by atoms with van der Waals surface area (Å²) in [6.07, 6.45) is -0.539. The molecule has 1 unspecified atom stereocenters. The molecule has 1 N–H and O–H groups in total. The molecule has 0 radical (unpaired) electrons. The van der Waals surface area contributed by atoms with Gasteiger partial charge in [0, 0.05) is 3.57 Å². The third-order valence-corrected chi connectivity index (χ3v) is 3.40. The highest BCUT2D eigenvalue weighted by atomic mass is 127. The molecular formula is C15H15IO. The zero-order valence-electron chi connectivity index (χ0n) is 9.94. The quantitative estimate of drug-likeness (QED) is 0.821. The van der Waals surface area contributed by atoms with Crippen molar-refractivity contribution < 1.29 is 5.11 Å². The molecule has 0 aliphatic heterocycles. The van der Waals surface area contributed by atoms with E-state index >= 15 is 0 Å². The molecule has 0 heterocycles. The van der Waals surface area contributed by atoms with Gasteiger partial charge in [-0.3, -0.25) is 0 Å². The molecular weight excluding hydrogens is 323 g/mol. The van der Waals surface area contributed by atoms with Crippen LogP contribution in [0.3, 0.4) is 0 Å². The monoisotopic (exact) mass is 338 g/mol. The molecule has 0 saturated carbocycles.